The van der Waals surface area contributed by atoms with Crippen LogP contribution in [0.2, 0.25) is 5.02 Å². The number of methoxy groups -OCH3 is 1. The van der Waals surface area contributed by atoms with Gasteiger partial charge in [-0.2, -0.15) is 0 Å². The maximum atomic E-state index is 14.2. The number of rotatable bonds is 5. The Morgan fingerprint density at radius 3 is 2.65 bits per heavy atom. The number of fused-ring (bicyclic) bond motifs is 1. The van der Waals surface area contributed by atoms with Crippen molar-refractivity contribution in [2.24, 2.45) is 5.73 Å². The first-order chi connectivity index (χ1) is 17.7. The molecule has 0 unspecified atom stereocenters. The maximum absolute atomic E-state index is 14.2. The van der Waals surface area contributed by atoms with E-state index in [-0.39, 0.29) is 35.8 Å². The quantitative estimate of drug-likeness (QED) is 0.430. The molecule has 3 aromatic rings. The molecule has 37 heavy (non-hydrogen) atoms. The molecule has 1 aliphatic rings. The van der Waals surface area contributed by atoms with E-state index in [1.165, 1.54) is 27.8 Å². The number of nitrogens with zero attached hydrogens (tertiary/aromatic N) is 2. The molecule has 11 nitrogen and oxygen atoms in total. The second kappa shape index (κ2) is 10.7. The van der Waals surface area contributed by atoms with E-state index in [4.69, 9.17) is 22.1 Å². The number of benzene rings is 2. The number of amides is 4. The highest BCUT2D eigenvalue weighted by atomic mass is 35.5. The fourth-order valence-corrected chi connectivity index (χ4v) is 4.37. The molecular formula is C24H23ClFN5O6. The number of anilines is 1. The Bertz CT molecular complexity index is 1380. The van der Waals surface area contributed by atoms with Crippen molar-refractivity contribution in [2.45, 2.75) is 25.1 Å². The number of urea groups is 1. The molecule has 13 heteroatoms. The third kappa shape index (κ3) is 5.43. The van der Waals surface area contributed by atoms with Gasteiger partial charge in [-0.1, -0.05) is 41.9 Å². The van der Waals surface area contributed by atoms with Crippen LogP contribution in [0.15, 0.2) is 48.7 Å². The Labute approximate surface area is 215 Å². The highest BCUT2D eigenvalue weighted by molar-refractivity contribution is 6.30. The lowest BCUT2D eigenvalue weighted by Crippen LogP contribution is -2.47. The average Bonchev–Trinajstić information content (AvgIpc) is 3.47. The predicted molar refractivity (Wildman–Crippen MR) is 132 cm³/mol. The number of primary amides is 1. The first kappa shape index (κ1) is 25.8. The molecule has 1 fully saturated rings. The van der Waals surface area contributed by atoms with Crippen LogP contribution in [-0.2, 0) is 20.8 Å². The van der Waals surface area contributed by atoms with E-state index < -0.39 is 42.1 Å². The summed E-state index contributed by atoms with van der Waals surface area (Å²) < 4.78 is 25.1. The van der Waals surface area contributed by atoms with Crippen molar-refractivity contribution < 1.29 is 33.0 Å². The normalized spacial score (nSPS) is 16.9. The van der Waals surface area contributed by atoms with E-state index in [0.29, 0.717) is 10.9 Å². The van der Waals surface area contributed by atoms with Gasteiger partial charge in [0, 0.05) is 30.1 Å². The zero-order chi connectivity index (χ0) is 26.7. The highest BCUT2D eigenvalue weighted by Crippen LogP contribution is 2.28. The van der Waals surface area contributed by atoms with E-state index in [1.807, 2.05) is 0 Å². The van der Waals surface area contributed by atoms with E-state index in [9.17, 15) is 23.6 Å². The van der Waals surface area contributed by atoms with Gasteiger partial charge >= 0.3 is 18.2 Å². The number of nitrogens with two attached hydrogens (primary N) is 1. The molecule has 1 saturated heterocycles. The molecule has 2 aromatic carbocycles. The third-order valence-corrected chi connectivity index (χ3v) is 6.22. The molecule has 4 rings (SSSR count). The average molecular weight is 532 g/mol. The Balaban J connectivity index is 1.55. The zero-order valence-electron chi connectivity index (χ0n) is 19.6. The number of halogens is 2. The van der Waals surface area contributed by atoms with Gasteiger partial charge in [-0.25, -0.2) is 18.8 Å². The smallest absolute Gasteiger partial charge is 0.438 e. The largest absolute Gasteiger partial charge is 0.508 e. The lowest BCUT2D eigenvalue weighted by molar-refractivity contribution is -0.124. The van der Waals surface area contributed by atoms with E-state index in [0.717, 1.165) is 7.11 Å². The van der Waals surface area contributed by atoms with Gasteiger partial charge in [-0.3, -0.25) is 9.36 Å². The standard InChI is InChI=1S/C24H23ClFN5O6/c1-36-24(35)37-14-9-19(21(32)28-10-13-5-4-7-16(25)20(13)26)31(11-14)23(34)29-17-12-30(22(27)33)18-8-3-2-6-15(17)18/h2-8,12,14,19H,9-11H2,1H3,(H2,27,33)(H,28,32)(H,29,34)/t14-,19-/m0/s1. The van der Waals surface area contributed by atoms with E-state index in [2.05, 4.69) is 15.4 Å². The van der Waals surface area contributed by atoms with Crippen molar-refractivity contribution in [3.05, 3.63) is 65.1 Å². The molecule has 0 spiro atoms. The molecule has 2 heterocycles. The summed E-state index contributed by atoms with van der Waals surface area (Å²) in [5.41, 5.74) is 6.37. The summed E-state index contributed by atoms with van der Waals surface area (Å²) >= 11 is 5.80. The number of carbonyl (C=O) groups excluding carboxylic acids is 4. The van der Waals surface area contributed by atoms with E-state index >= 15 is 0 Å². The van der Waals surface area contributed by atoms with Crippen LogP contribution in [-0.4, -0.2) is 59.4 Å². The second-order valence-electron chi connectivity index (χ2n) is 8.23. The number of para-hydroxylation sites is 1. The Hall–Kier alpha value is -4.32. The van der Waals surface area contributed by atoms with Crippen molar-refractivity contribution in [3.8, 4) is 0 Å². The molecule has 2 atom stereocenters. The fraction of sp³-hybridized carbons (Fsp3) is 0.250. The molecule has 4 amide bonds. The molecule has 0 radical (unpaired) electrons. The molecule has 0 bridgehead atoms. The topological polar surface area (TPSA) is 145 Å². The summed E-state index contributed by atoms with van der Waals surface area (Å²) in [6.45, 7) is -0.287. The van der Waals surface area contributed by atoms with E-state index in [1.54, 1.807) is 30.3 Å². The minimum absolute atomic E-state index is 0.0184. The van der Waals surface area contributed by atoms with Crippen molar-refractivity contribution in [3.63, 3.8) is 0 Å². The molecule has 194 valence electrons. The fourth-order valence-electron chi connectivity index (χ4n) is 4.17. The van der Waals surface area contributed by atoms with Crippen LogP contribution in [0.3, 0.4) is 0 Å². The summed E-state index contributed by atoms with van der Waals surface area (Å²) in [6, 6.07) is 8.72. The molecule has 1 aromatic heterocycles. The summed E-state index contributed by atoms with van der Waals surface area (Å²) in [7, 11) is 1.14. The van der Waals surface area contributed by atoms with Crippen molar-refractivity contribution in [1.29, 1.82) is 0 Å². The van der Waals surface area contributed by atoms with Gasteiger partial charge in [0.1, 0.15) is 18.0 Å². The number of hydrogen-bond acceptors (Lipinski definition) is 6. The first-order valence-electron chi connectivity index (χ1n) is 11.1. The summed E-state index contributed by atoms with van der Waals surface area (Å²) in [4.78, 5) is 51.0. The maximum Gasteiger partial charge on any atom is 0.508 e. The van der Waals surface area contributed by atoms with Gasteiger partial charge in [0.2, 0.25) is 5.91 Å². The van der Waals surface area contributed by atoms with Gasteiger partial charge < -0.3 is 30.7 Å². The van der Waals surface area contributed by atoms with Crippen LogP contribution >= 0.6 is 11.6 Å². The van der Waals surface area contributed by atoms with Crippen molar-refractivity contribution in [1.82, 2.24) is 14.8 Å². The SMILES string of the molecule is COC(=O)O[C@H]1C[C@@H](C(=O)NCc2cccc(Cl)c2F)N(C(=O)Nc2cn(C(N)=O)c3ccccc23)C1. The Kier molecular flexibility index (Phi) is 7.48. The molecule has 0 saturated carbocycles. The monoisotopic (exact) mass is 531 g/mol. The van der Waals surface area contributed by atoms with Gasteiger partial charge in [-0.05, 0) is 12.1 Å². The number of aromatic nitrogens is 1. The molecule has 1 aliphatic heterocycles. The number of ether oxygens (including phenoxy) is 2. The lowest BCUT2D eigenvalue weighted by Gasteiger charge is -2.23. The number of nitrogens with one attached hydrogen (secondary N) is 2. The Morgan fingerprint density at radius 2 is 1.92 bits per heavy atom. The number of hydrogen-bond donors (Lipinski definition) is 3. The molecule has 4 N–H and O–H groups in total. The lowest BCUT2D eigenvalue weighted by atomic mass is 10.1. The first-order valence-corrected chi connectivity index (χ1v) is 11.5. The zero-order valence-corrected chi connectivity index (χ0v) is 20.3. The summed E-state index contributed by atoms with van der Waals surface area (Å²) in [5, 5.41) is 5.75. The van der Waals surface area contributed by atoms with Crippen molar-refractivity contribution >= 4 is 52.3 Å². The number of likely N-dealkylation sites (tertiary alicyclic amines) is 1. The summed E-state index contributed by atoms with van der Waals surface area (Å²) in [5.74, 6) is -1.26. The minimum Gasteiger partial charge on any atom is -0.438 e. The van der Waals surface area contributed by atoms with Crippen molar-refractivity contribution in [2.75, 3.05) is 19.0 Å². The second-order valence-corrected chi connectivity index (χ2v) is 8.63. The van der Waals surface area contributed by atoms with Gasteiger partial charge in [0.25, 0.3) is 0 Å². The highest BCUT2D eigenvalue weighted by Gasteiger charge is 2.42. The number of carbonyl (C=O) groups is 4. The Morgan fingerprint density at radius 1 is 1.16 bits per heavy atom. The van der Waals surface area contributed by atoms with Crippen LogP contribution in [0.25, 0.3) is 10.9 Å². The van der Waals surface area contributed by atoms with Gasteiger partial charge in [0.15, 0.2) is 0 Å². The van der Waals surface area contributed by atoms with Crippen LogP contribution in [0, 0.1) is 5.82 Å². The third-order valence-electron chi connectivity index (χ3n) is 5.93. The van der Waals surface area contributed by atoms with Gasteiger partial charge in [-0.15, -0.1) is 0 Å². The molecule has 0 aliphatic carbocycles. The van der Waals surface area contributed by atoms with Gasteiger partial charge in [0.05, 0.1) is 29.9 Å². The van der Waals surface area contributed by atoms with Crippen LogP contribution in [0.4, 0.5) is 24.5 Å². The minimum atomic E-state index is -1.05. The van der Waals surface area contributed by atoms with Crippen LogP contribution in [0.5, 0.6) is 0 Å². The van der Waals surface area contributed by atoms with Crippen LogP contribution in [0.1, 0.15) is 12.0 Å². The predicted octanol–water partition coefficient (Wildman–Crippen LogP) is 3.43. The molecular weight excluding hydrogens is 509 g/mol. The summed E-state index contributed by atoms with van der Waals surface area (Å²) in [6.07, 6.45) is -0.434. The van der Waals surface area contributed by atoms with Crippen LogP contribution < -0.4 is 16.4 Å².